The summed E-state index contributed by atoms with van der Waals surface area (Å²) in [4.78, 5) is 7.91. The first kappa shape index (κ1) is 10.8. The van der Waals surface area contributed by atoms with E-state index in [1.807, 2.05) is 4.57 Å². The molecular weight excluding hydrogens is 210 g/mol. The molecule has 1 atom stereocenters. The van der Waals surface area contributed by atoms with Crippen LogP contribution < -0.4 is 5.73 Å². The lowest BCUT2D eigenvalue weighted by atomic mass is 10.2. The summed E-state index contributed by atoms with van der Waals surface area (Å²) in [5.41, 5.74) is 6.52. The van der Waals surface area contributed by atoms with Crippen LogP contribution in [0.25, 0.3) is 0 Å². The van der Waals surface area contributed by atoms with Crippen LogP contribution in [0.15, 0.2) is 23.4 Å². The standard InChI is InChI=1S/C9H13N5O2/c10-7(4-15)8-3-11-6-14(8)2-1-9-12-5-13-16-9/h3,5-7,15H,1-2,4,10H2. The molecule has 16 heavy (non-hydrogen) atoms. The third kappa shape index (κ3) is 2.26. The Morgan fingerprint density at radius 3 is 3.12 bits per heavy atom. The Morgan fingerprint density at radius 2 is 2.44 bits per heavy atom. The molecule has 7 nitrogen and oxygen atoms in total. The first-order valence-electron chi connectivity index (χ1n) is 4.93. The molecule has 0 aliphatic carbocycles. The van der Waals surface area contributed by atoms with Crippen LogP contribution in [0.1, 0.15) is 17.6 Å². The molecule has 2 aromatic rings. The van der Waals surface area contributed by atoms with Gasteiger partial charge in [0.1, 0.15) is 0 Å². The van der Waals surface area contributed by atoms with Gasteiger partial charge in [-0.2, -0.15) is 4.98 Å². The van der Waals surface area contributed by atoms with Crippen LogP contribution in [0.5, 0.6) is 0 Å². The van der Waals surface area contributed by atoms with Gasteiger partial charge < -0.3 is 19.9 Å². The van der Waals surface area contributed by atoms with Crippen molar-refractivity contribution in [2.24, 2.45) is 5.73 Å². The van der Waals surface area contributed by atoms with E-state index in [0.717, 1.165) is 5.69 Å². The fourth-order valence-corrected chi connectivity index (χ4v) is 1.44. The fourth-order valence-electron chi connectivity index (χ4n) is 1.44. The molecule has 0 fully saturated rings. The Labute approximate surface area is 91.9 Å². The van der Waals surface area contributed by atoms with E-state index in [2.05, 4.69) is 15.1 Å². The van der Waals surface area contributed by atoms with Crippen molar-refractivity contribution >= 4 is 0 Å². The number of rotatable bonds is 5. The van der Waals surface area contributed by atoms with Gasteiger partial charge in [-0.05, 0) is 0 Å². The minimum absolute atomic E-state index is 0.105. The van der Waals surface area contributed by atoms with Crippen molar-refractivity contribution in [3.05, 3.63) is 30.4 Å². The smallest absolute Gasteiger partial charge is 0.228 e. The molecule has 0 radical (unpaired) electrons. The van der Waals surface area contributed by atoms with Crippen molar-refractivity contribution in [1.29, 1.82) is 0 Å². The van der Waals surface area contributed by atoms with E-state index in [1.165, 1.54) is 6.33 Å². The van der Waals surface area contributed by atoms with E-state index >= 15 is 0 Å². The summed E-state index contributed by atoms with van der Waals surface area (Å²) in [5, 5.41) is 12.5. The van der Waals surface area contributed by atoms with Crippen molar-refractivity contribution in [3.63, 3.8) is 0 Å². The van der Waals surface area contributed by atoms with Crippen molar-refractivity contribution in [3.8, 4) is 0 Å². The number of nitrogens with two attached hydrogens (primary N) is 1. The predicted octanol–water partition coefficient (Wildman–Crippen LogP) is -0.499. The summed E-state index contributed by atoms with van der Waals surface area (Å²) in [6.07, 6.45) is 5.29. The zero-order valence-electron chi connectivity index (χ0n) is 8.65. The predicted molar refractivity (Wildman–Crippen MR) is 54.2 cm³/mol. The van der Waals surface area contributed by atoms with Crippen LogP contribution in [0.4, 0.5) is 0 Å². The first-order chi connectivity index (χ1) is 7.81. The van der Waals surface area contributed by atoms with Crippen molar-refractivity contribution < 1.29 is 9.63 Å². The highest BCUT2D eigenvalue weighted by molar-refractivity contribution is 5.04. The topological polar surface area (TPSA) is 103 Å². The highest BCUT2D eigenvalue weighted by Gasteiger charge is 2.10. The third-order valence-corrected chi connectivity index (χ3v) is 2.29. The number of aliphatic hydroxyl groups is 1. The molecule has 7 heteroatoms. The SMILES string of the molecule is NC(CO)c1cncn1CCc1ncno1. The molecule has 0 spiro atoms. The van der Waals surface area contributed by atoms with E-state index in [0.29, 0.717) is 18.9 Å². The highest BCUT2D eigenvalue weighted by atomic mass is 16.5. The number of hydrogen-bond acceptors (Lipinski definition) is 6. The second kappa shape index (κ2) is 4.86. The van der Waals surface area contributed by atoms with E-state index in [9.17, 15) is 0 Å². The minimum Gasteiger partial charge on any atom is -0.394 e. The highest BCUT2D eigenvalue weighted by Crippen LogP contribution is 2.09. The number of nitrogens with zero attached hydrogens (tertiary/aromatic N) is 4. The lowest BCUT2D eigenvalue weighted by Crippen LogP contribution is -2.19. The Balaban J connectivity index is 2.01. The molecule has 2 rings (SSSR count). The molecule has 0 amide bonds. The van der Waals surface area contributed by atoms with Gasteiger partial charge in [-0.3, -0.25) is 0 Å². The molecule has 1 unspecified atom stereocenters. The zero-order valence-corrected chi connectivity index (χ0v) is 8.65. The average Bonchev–Trinajstić information content (AvgIpc) is 2.96. The van der Waals surface area contributed by atoms with Gasteiger partial charge in [-0.1, -0.05) is 5.16 Å². The zero-order chi connectivity index (χ0) is 11.4. The maximum absolute atomic E-state index is 8.98. The summed E-state index contributed by atoms with van der Waals surface area (Å²) in [6.45, 7) is 0.539. The largest absolute Gasteiger partial charge is 0.394 e. The van der Waals surface area contributed by atoms with Gasteiger partial charge in [0.15, 0.2) is 6.33 Å². The van der Waals surface area contributed by atoms with Crippen LogP contribution in [-0.2, 0) is 13.0 Å². The molecule has 2 heterocycles. The van der Waals surface area contributed by atoms with Crippen LogP contribution in [-0.4, -0.2) is 31.4 Å². The van der Waals surface area contributed by atoms with Crippen molar-refractivity contribution in [2.45, 2.75) is 19.0 Å². The van der Waals surface area contributed by atoms with E-state index in [4.69, 9.17) is 15.4 Å². The second-order valence-corrected chi connectivity index (χ2v) is 3.39. The number of hydrogen-bond donors (Lipinski definition) is 2. The van der Waals surface area contributed by atoms with Crippen LogP contribution >= 0.6 is 0 Å². The van der Waals surface area contributed by atoms with Gasteiger partial charge in [0.25, 0.3) is 0 Å². The summed E-state index contributed by atoms with van der Waals surface area (Å²) >= 11 is 0. The molecule has 86 valence electrons. The van der Waals surface area contributed by atoms with Gasteiger partial charge in [0.2, 0.25) is 5.89 Å². The van der Waals surface area contributed by atoms with Crippen molar-refractivity contribution in [1.82, 2.24) is 19.7 Å². The fraction of sp³-hybridized carbons (Fsp3) is 0.444. The normalized spacial score (nSPS) is 12.9. The van der Waals surface area contributed by atoms with Crippen LogP contribution in [0, 0.1) is 0 Å². The number of aromatic nitrogens is 4. The minimum atomic E-state index is -0.412. The molecule has 0 aromatic carbocycles. The number of imidazole rings is 1. The Morgan fingerprint density at radius 1 is 1.56 bits per heavy atom. The number of aryl methyl sites for hydroxylation is 2. The lowest BCUT2D eigenvalue weighted by Gasteiger charge is -2.11. The average molecular weight is 223 g/mol. The monoisotopic (exact) mass is 223 g/mol. The molecule has 2 aromatic heterocycles. The van der Waals surface area contributed by atoms with Gasteiger partial charge in [-0.15, -0.1) is 0 Å². The van der Waals surface area contributed by atoms with Crippen LogP contribution in [0.3, 0.4) is 0 Å². The Kier molecular flexibility index (Phi) is 3.28. The lowest BCUT2D eigenvalue weighted by molar-refractivity contribution is 0.262. The van der Waals surface area contributed by atoms with Gasteiger partial charge in [0, 0.05) is 19.2 Å². The second-order valence-electron chi connectivity index (χ2n) is 3.39. The molecule has 0 bridgehead atoms. The Hall–Kier alpha value is -1.73. The van der Waals surface area contributed by atoms with Crippen LogP contribution in [0.2, 0.25) is 0 Å². The third-order valence-electron chi connectivity index (χ3n) is 2.29. The molecule has 0 saturated heterocycles. The van der Waals surface area contributed by atoms with Gasteiger partial charge >= 0.3 is 0 Å². The van der Waals surface area contributed by atoms with E-state index in [-0.39, 0.29) is 6.61 Å². The van der Waals surface area contributed by atoms with Gasteiger partial charge in [-0.25, -0.2) is 4.98 Å². The van der Waals surface area contributed by atoms with E-state index < -0.39 is 6.04 Å². The molecular formula is C9H13N5O2. The summed E-state index contributed by atoms with van der Waals surface area (Å²) in [7, 11) is 0. The molecule has 0 saturated carbocycles. The summed E-state index contributed by atoms with van der Waals surface area (Å²) < 4.78 is 6.75. The van der Waals surface area contributed by atoms with Crippen molar-refractivity contribution in [2.75, 3.05) is 6.61 Å². The Bertz CT molecular complexity index is 425. The quantitative estimate of drug-likeness (QED) is 0.708. The number of aliphatic hydroxyl groups excluding tert-OH is 1. The molecule has 0 aliphatic rings. The summed E-state index contributed by atoms with van der Waals surface area (Å²) in [6, 6.07) is -0.412. The molecule has 3 N–H and O–H groups in total. The van der Waals surface area contributed by atoms with E-state index in [1.54, 1.807) is 12.5 Å². The molecule has 0 aliphatic heterocycles. The summed E-state index contributed by atoms with van der Waals surface area (Å²) in [5.74, 6) is 0.567. The van der Waals surface area contributed by atoms with Gasteiger partial charge in [0.05, 0.1) is 24.7 Å². The maximum Gasteiger partial charge on any atom is 0.228 e. The first-order valence-corrected chi connectivity index (χ1v) is 4.93. The maximum atomic E-state index is 8.98.